The summed E-state index contributed by atoms with van der Waals surface area (Å²) in [5, 5.41) is 5.75. The number of amides is 2. The van der Waals surface area contributed by atoms with Gasteiger partial charge < -0.3 is 15.4 Å². The SMILES string of the molecule is Cc1cccc(OCCCNC(=O)[C@@H](NC(=O)Cc2ccccc2)C(C)C)c1. The Morgan fingerprint density at radius 2 is 1.79 bits per heavy atom. The fourth-order valence-corrected chi connectivity index (χ4v) is 2.83. The van der Waals surface area contributed by atoms with Crippen LogP contribution in [-0.4, -0.2) is 31.0 Å². The van der Waals surface area contributed by atoms with E-state index >= 15 is 0 Å². The average molecular weight is 383 g/mol. The summed E-state index contributed by atoms with van der Waals surface area (Å²) < 4.78 is 5.69. The first kappa shape index (κ1) is 21.5. The lowest BCUT2D eigenvalue weighted by molar-refractivity contribution is -0.129. The van der Waals surface area contributed by atoms with E-state index in [1.54, 1.807) is 0 Å². The average Bonchev–Trinajstić information content (AvgIpc) is 2.66. The monoisotopic (exact) mass is 382 g/mol. The maximum absolute atomic E-state index is 12.5. The Bertz CT molecular complexity index is 759. The zero-order chi connectivity index (χ0) is 20.4. The molecule has 0 bridgehead atoms. The van der Waals surface area contributed by atoms with E-state index in [4.69, 9.17) is 4.74 Å². The zero-order valence-corrected chi connectivity index (χ0v) is 16.9. The highest BCUT2D eigenvalue weighted by Gasteiger charge is 2.23. The highest BCUT2D eigenvalue weighted by molar-refractivity contribution is 5.88. The van der Waals surface area contributed by atoms with Crippen molar-refractivity contribution in [3.8, 4) is 5.75 Å². The first-order valence-corrected chi connectivity index (χ1v) is 9.76. The van der Waals surface area contributed by atoms with Gasteiger partial charge in [-0.3, -0.25) is 9.59 Å². The van der Waals surface area contributed by atoms with E-state index in [1.807, 2.05) is 75.4 Å². The van der Waals surface area contributed by atoms with Gasteiger partial charge in [0.05, 0.1) is 13.0 Å². The molecule has 5 heteroatoms. The fourth-order valence-electron chi connectivity index (χ4n) is 2.83. The number of hydrogen-bond donors (Lipinski definition) is 2. The summed E-state index contributed by atoms with van der Waals surface area (Å²) in [4.78, 5) is 24.8. The van der Waals surface area contributed by atoms with Crippen LogP contribution in [0.25, 0.3) is 0 Å². The van der Waals surface area contributed by atoms with E-state index in [0.717, 1.165) is 16.9 Å². The first-order valence-electron chi connectivity index (χ1n) is 9.76. The second-order valence-corrected chi connectivity index (χ2v) is 7.26. The molecule has 5 nitrogen and oxygen atoms in total. The Kier molecular flexibility index (Phi) is 8.53. The number of carbonyl (C=O) groups excluding carboxylic acids is 2. The Morgan fingerprint density at radius 1 is 1.04 bits per heavy atom. The Balaban J connectivity index is 1.73. The highest BCUT2D eigenvalue weighted by atomic mass is 16.5. The van der Waals surface area contributed by atoms with E-state index in [2.05, 4.69) is 10.6 Å². The van der Waals surface area contributed by atoms with Crippen LogP contribution < -0.4 is 15.4 Å². The lowest BCUT2D eigenvalue weighted by Crippen LogP contribution is -2.50. The van der Waals surface area contributed by atoms with Gasteiger partial charge in [-0.05, 0) is 42.5 Å². The third-order valence-corrected chi connectivity index (χ3v) is 4.35. The molecule has 2 aromatic carbocycles. The van der Waals surface area contributed by atoms with Crippen LogP contribution in [0.3, 0.4) is 0 Å². The molecule has 0 aliphatic carbocycles. The lowest BCUT2D eigenvalue weighted by atomic mass is 10.0. The van der Waals surface area contributed by atoms with Crippen LogP contribution in [0.2, 0.25) is 0 Å². The van der Waals surface area contributed by atoms with Crippen LogP contribution >= 0.6 is 0 Å². The molecule has 0 saturated heterocycles. The van der Waals surface area contributed by atoms with Gasteiger partial charge in [-0.15, -0.1) is 0 Å². The number of benzene rings is 2. The van der Waals surface area contributed by atoms with Gasteiger partial charge in [0.2, 0.25) is 11.8 Å². The number of aryl methyl sites for hydroxylation is 1. The molecule has 0 radical (unpaired) electrons. The Hall–Kier alpha value is -2.82. The van der Waals surface area contributed by atoms with Gasteiger partial charge >= 0.3 is 0 Å². The van der Waals surface area contributed by atoms with Crippen LogP contribution in [-0.2, 0) is 16.0 Å². The highest BCUT2D eigenvalue weighted by Crippen LogP contribution is 2.12. The van der Waals surface area contributed by atoms with E-state index in [1.165, 1.54) is 0 Å². The maximum Gasteiger partial charge on any atom is 0.242 e. The molecule has 0 saturated carbocycles. The van der Waals surface area contributed by atoms with Gasteiger partial charge in [-0.1, -0.05) is 56.3 Å². The van der Waals surface area contributed by atoms with Crippen molar-refractivity contribution in [2.45, 2.75) is 39.7 Å². The molecule has 0 aliphatic heterocycles. The molecular weight excluding hydrogens is 352 g/mol. The van der Waals surface area contributed by atoms with Crippen molar-refractivity contribution in [2.75, 3.05) is 13.2 Å². The van der Waals surface area contributed by atoms with Crippen molar-refractivity contribution >= 4 is 11.8 Å². The molecular formula is C23H30N2O3. The van der Waals surface area contributed by atoms with Gasteiger partial charge in [0, 0.05) is 6.54 Å². The number of carbonyl (C=O) groups is 2. The van der Waals surface area contributed by atoms with Gasteiger partial charge in [0.1, 0.15) is 11.8 Å². The molecule has 2 N–H and O–H groups in total. The molecule has 2 rings (SSSR count). The smallest absolute Gasteiger partial charge is 0.242 e. The van der Waals surface area contributed by atoms with E-state index in [9.17, 15) is 9.59 Å². The summed E-state index contributed by atoms with van der Waals surface area (Å²) in [6.45, 7) is 6.89. The van der Waals surface area contributed by atoms with Gasteiger partial charge in [-0.2, -0.15) is 0 Å². The summed E-state index contributed by atoms with van der Waals surface area (Å²) in [6, 6.07) is 16.8. The third-order valence-electron chi connectivity index (χ3n) is 4.35. The summed E-state index contributed by atoms with van der Waals surface area (Å²) in [5.41, 5.74) is 2.08. The number of ether oxygens (including phenoxy) is 1. The van der Waals surface area contributed by atoms with E-state index in [-0.39, 0.29) is 24.2 Å². The maximum atomic E-state index is 12.5. The molecule has 0 heterocycles. The summed E-state index contributed by atoms with van der Waals surface area (Å²) in [5.74, 6) is 0.526. The molecule has 0 aliphatic rings. The normalized spacial score (nSPS) is 11.7. The fraction of sp³-hybridized carbons (Fsp3) is 0.391. The standard InChI is InChI=1S/C23H30N2O3/c1-17(2)22(25-21(26)16-19-10-5-4-6-11-19)23(27)24-13-8-14-28-20-12-7-9-18(3)15-20/h4-7,9-12,15,17,22H,8,13-14,16H2,1-3H3,(H,24,27)(H,25,26)/t22-/m0/s1. The molecule has 28 heavy (non-hydrogen) atoms. The molecule has 150 valence electrons. The Labute approximate surface area is 167 Å². The lowest BCUT2D eigenvalue weighted by Gasteiger charge is -2.22. The van der Waals surface area contributed by atoms with Crippen LogP contribution in [0.4, 0.5) is 0 Å². The first-order chi connectivity index (χ1) is 13.5. The number of rotatable bonds is 10. The van der Waals surface area contributed by atoms with Crippen LogP contribution in [0.15, 0.2) is 54.6 Å². The van der Waals surface area contributed by atoms with Gasteiger partial charge in [0.15, 0.2) is 0 Å². The minimum absolute atomic E-state index is 0.00303. The predicted octanol–water partition coefficient (Wildman–Crippen LogP) is 3.26. The zero-order valence-electron chi connectivity index (χ0n) is 16.9. The van der Waals surface area contributed by atoms with Crippen molar-refractivity contribution in [1.29, 1.82) is 0 Å². The topological polar surface area (TPSA) is 67.4 Å². The summed E-state index contributed by atoms with van der Waals surface area (Å²) in [6.07, 6.45) is 0.962. The quantitative estimate of drug-likeness (QED) is 0.620. The van der Waals surface area contributed by atoms with Gasteiger partial charge in [0.25, 0.3) is 0 Å². The van der Waals surface area contributed by atoms with Gasteiger partial charge in [-0.25, -0.2) is 0 Å². The number of nitrogens with one attached hydrogen (secondary N) is 2. The summed E-state index contributed by atoms with van der Waals surface area (Å²) >= 11 is 0. The second-order valence-electron chi connectivity index (χ2n) is 7.26. The van der Waals surface area contributed by atoms with Crippen molar-refractivity contribution in [3.63, 3.8) is 0 Å². The molecule has 0 unspecified atom stereocenters. The minimum atomic E-state index is -0.547. The molecule has 0 spiro atoms. The third kappa shape index (κ3) is 7.43. The van der Waals surface area contributed by atoms with Crippen molar-refractivity contribution in [2.24, 2.45) is 5.92 Å². The Morgan fingerprint density at radius 3 is 2.46 bits per heavy atom. The van der Waals surface area contributed by atoms with Crippen molar-refractivity contribution in [1.82, 2.24) is 10.6 Å². The summed E-state index contributed by atoms with van der Waals surface area (Å²) in [7, 11) is 0. The van der Waals surface area contributed by atoms with Crippen LogP contribution in [0, 0.1) is 12.8 Å². The molecule has 0 aromatic heterocycles. The van der Waals surface area contributed by atoms with E-state index in [0.29, 0.717) is 19.6 Å². The molecule has 1 atom stereocenters. The largest absolute Gasteiger partial charge is 0.494 e. The number of hydrogen-bond acceptors (Lipinski definition) is 3. The molecule has 2 amide bonds. The molecule has 0 fully saturated rings. The van der Waals surface area contributed by atoms with Crippen LogP contribution in [0.5, 0.6) is 5.75 Å². The van der Waals surface area contributed by atoms with Crippen LogP contribution in [0.1, 0.15) is 31.4 Å². The predicted molar refractivity (Wildman–Crippen MR) is 111 cm³/mol. The minimum Gasteiger partial charge on any atom is -0.494 e. The molecule has 2 aromatic rings. The van der Waals surface area contributed by atoms with Crippen molar-refractivity contribution in [3.05, 3.63) is 65.7 Å². The second kappa shape index (κ2) is 11.1. The van der Waals surface area contributed by atoms with Crippen molar-refractivity contribution < 1.29 is 14.3 Å². The van der Waals surface area contributed by atoms with E-state index < -0.39 is 6.04 Å².